The van der Waals surface area contributed by atoms with E-state index in [2.05, 4.69) is 4.98 Å². The summed E-state index contributed by atoms with van der Waals surface area (Å²) in [4.78, 5) is 25.5. The topological polar surface area (TPSA) is 118 Å². The molecule has 1 atom stereocenters. The Morgan fingerprint density at radius 3 is 2.80 bits per heavy atom. The Morgan fingerprint density at radius 1 is 1.67 bits per heavy atom. The van der Waals surface area contributed by atoms with Crippen molar-refractivity contribution in [2.75, 3.05) is 12.3 Å². The molecule has 7 heteroatoms. The molecule has 0 radical (unpaired) electrons. The van der Waals surface area contributed by atoms with Gasteiger partial charge in [-0.3, -0.25) is 4.57 Å². The number of nitrogens with two attached hydrogens (primary N) is 1. The van der Waals surface area contributed by atoms with Gasteiger partial charge in [-0.1, -0.05) is 0 Å². The van der Waals surface area contributed by atoms with Gasteiger partial charge in [0.25, 0.3) is 0 Å². The normalized spacial score (nSPS) is 12.3. The lowest BCUT2D eigenvalue weighted by molar-refractivity contribution is -0.141. The number of aliphatic hydroxyl groups excluding tert-OH is 1. The largest absolute Gasteiger partial charge is 0.480 e. The molecule has 1 heterocycles. The lowest BCUT2D eigenvalue weighted by atomic mass is 10.2. The number of hydrogen-bond donors (Lipinski definition) is 3. The van der Waals surface area contributed by atoms with Crippen LogP contribution in [0.1, 0.15) is 12.5 Å². The quantitative estimate of drug-likeness (QED) is 0.580. The van der Waals surface area contributed by atoms with Crippen LogP contribution >= 0.6 is 0 Å². The summed E-state index contributed by atoms with van der Waals surface area (Å²) in [5, 5.41) is 17.5. The van der Waals surface area contributed by atoms with Crippen LogP contribution in [0.25, 0.3) is 0 Å². The molecule has 0 saturated heterocycles. The highest BCUT2D eigenvalue weighted by molar-refractivity contribution is 5.71. The Balaban J connectivity index is 3.11. The van der Waals surface area contributed by atoms with Gasteiger partial charge in [-0.15, -0.1) is 0 Å². The van der Waals surface area contributed by atoms with Crippen LogP contribution in [0.5, 0.6) is 0 Å². The lowest BCUT2D eigenvalue weighted by Gasteiger charge is -2.13. The number of anilines is 1. The third kappa shape index (κ3) is 2.53. The zero-order valence-corrected chi connectivity index (χ0v) is 7.83. The van der Waals surface area contributed by atoms with Crippen molar-refractivity contribution in [2.45, 2.75) is 12.5 Å². The van der Waals surface area contributed by atoms with Crippen molar-refractivity contribution in [1.29, 1.82) is 0 Å². The number of nitrogens with zero attached hydrogens (tertiary/aromatic N) is 2. The molecule has 1 unspecified atom stereocenters. The summed E-state index contributed by atoms with van der Waals surface area (Å²) >= 11 is 0. The van der Waals surface area contributed by atoms with Crippen LogP contribution in [0.4, 0.5) is 5.82 Å². The molecule has 0 amide bonds. The molecule has 0 saturated carbocycles. The molecule has 0 spiro atoms. The Morgan fingerprint density at radius 2 is 2.33 bits per heavy atom. The number of aromatic nitrogens is 2. The van der Waals surface area contributed by atoms with Gasteiger partial charge in [0.15, 0.2) is 0 Å². The first-order chi connectivity index (χ1) is 7.06. The van der Waals surface area contributed by atoms with Crippen molar-refractivity contribution in [1.82, 2.24) is 9.55 Å². The Bertz CT molecular complexity index is 415. The van der Waals surface area contributed by atoms with E-state index in [1.807, 2.05) is 0 Å². The molecule has 0 aliphatic rings. The minimum absolute atomic E-state index is 0.0318. The molecule has 0 aromatic carbocycles. The molecule has 1 rings (SSSR count). The Labute approximate surface area is 84.8 Å². The first-order valence-corrected chi connectivity index (χ1v) is 4.24. The van der Waals surface area contributed by atoms with Gasteiger partial charge in [0.1, 0.15) is 11.9 Å². The first kappa shape index (κ1) is 11.2. The predicted octanol–water partition coefficient (Wildman–Crippen LogP) is -1.17. The zero-order valence-electron chi connectivity index (χ0n) is 7.83. The van der Waals surface area contributed by atoms with E-state index in [1.165, 1.54) is 12.3 Å². The summed E-state index contributed by atoms with van der Waals surface area (Å²) in [5.41, 5.74) is 4.52. The molecule has 4 N–H and O–H groups in total. The molecule has 1 aromatic heterocycles. The van der Waals surface area contributed by atoms with Crippen molar-refractivity contribution in [2.24, 2.45) is 0 Å². The number of carboxylic acid groups (broad SMARTS) is 1. The van der Waals surface area contributed by atoms with Gasteiger partial charge in [0.05, 0.1) is 0 Å². The number of nitrogen functional groups attached to an aromatic ring is 1. The van der Waals surface area contributed by atoms with E-state index in [4.69, 9.17) is 15.9 Å². The molecule has 1 aromatic rings. The molecule has 0 fully saturated rings. The van der Waals surface area contributed by atoms with Crippen LogP contribution in [0.15, 0.2) is 17.1 Å². The fraction of sp³-hybridized carbons (Fsp3) is 0.375. The summed E-state index contributed by atoms with van der Waals surface area (Å²) in [7, 11) is 0. The van der Waals surface area contributed by atoms with E-state index in [0.717, 1.165) is 4.57 Å². The molecule has 82 valence electrons. The van der Waals surface area contributed by atoms with Crippen molar-refractivity contribution >= 4 is 11.8 Å². The van der Waals surface area contributed by atoms with Crippen LogP contribution < -0.4 is 11.4 Å². The number of rotatable bonds is 4. The summed E-state index contributed by atoms with van der Waals surface area (Å²) in [6, 6.07) is 0.213. The Kier molecular flexibility index (Phi) is 3.40. The fourth-order valence-corrected chi connectivity index (χ4v) is 1.17. The van der Waals surface area contributed by atoms with Crippen molar-refractivity contribution in [3.63, 3.8) is 0 Å². The predicted molar refractivity (Wildman–Crippen MR) is 51.3 cm³/mol. The van der Waals surface area contributed by atoms with Crippen LogP contribution in [0.3, 0.4) is 0 Å². The van der Waals surface area contributed by atoms with Gasteiger partial charge in [-0.2, -0.15) is 4.98 Å². The van der Waals surface area contributed by atoms with E-state index >= 15 is 0 Å². The van der Waals surface area contributed by atoms with Gasteiger partial charge >= 0.3 is 11.7 Å². The van der Waals surface area contributed by atoms with Gasteiger partial charge in [0, 0.05) is 19.2 Å². The maximum absolute atomic E-state index is 11.3. The van der Waals surface area contributed by atoms with Crippen LogP contribution in [0, 0.1) is 0 Å². The molecule has 0 aliphatic carbocycles. The molecule has 0 bridgehead atoms. The third-order valence-electron chi connectivity index (χ3n) is 1.87. The van der Waals surface area contributed by atoms with Gasteiger partial charge in [-0.25, -0.2) is 9.59 Å². The lowest BCUT2D eigenvalue weighted by Crippen LogP contribution is -2.32. The van der Waals surface area contributed by atoms with E-state index < -0.39 is 17.7 Å². The highest BCUT2D eigenvalue weighted by Crippen LogP contribution is 2.08. The smallest absolute Gasteiger partial charge is 0.350 e. The van der Waals surface area contributed by atoms with Gasteiger partial charge in [0.2, 0.25) is 0 Å². The molecule has 7 nitrogen and oxygen atoms in total. The second-order valence-corrected chi connectivity index (χ2v) is 2.91. The highest BCUT2D eigenvalue weighted by atomic mass is 16.4. The number of carbonyl (C=O) groups is 1. The van der Waals surface area contributed by atoms with E-state index in [9.17, 15) is 9.59 Å². The molecular weight excluding hydrogens is 202 g/mol. The molecule has 0 aliphatic heterocycles. The highest BCUT2D eigenvalue weighted by Gasteiger charge is 2.20. The summed E-state index contributed by atoms with van der Waals surface area (Å²) < 4.78 is 0.926. The minimum Gasteiger partial charge on any atom is -0.480 e. The van der Waals surface area contributed by atoms with Crippen molar-refractivity contribution < 1.29 is 15.0 Å². The number of carboxylic acids is 1. The van der Waals surface area contributed by atoms with E-state index in [0.29, 0.717) is 0 Å². The second kappa shape index (κ2) is 4.56. The van der Waals surface area contributed by atoms with Crippen LogP contribution in [-0.2, 0) is 4.79 Å². The average Bonchev–Trinajstić information content (AvgIpc) is 2.15. The summed E-state index contributed by atoms with van der Waals surface area (Å²) in [5.74, 6) is -1.16. The van der Waals surface area contributed by atoms with E-state index in [-0.39, 0.29) is 18.8 Å². The third-order valence-corrected chi connectivity index (χ3v) is 1.87. The standard InChI is InChI=1S/C8H11N3O4/c9-6-1-3-11(8(15)10-6)5(2-4-12)7(13)14/h1,3,5,12H,2,4H2,(H,13,14)(H2,9,10,15). The minimum atomic E-state index is -1.20. The van der Waals surface area contributed by atoms with E-state index in [1.54, 1.807) is 0 Å². The first-order valence-electron chi connectivity index (χ1n) is 4.24. The van der Waals surface area contributed by atoms with Gasteiger partial charge in [-0.05, 0) is 6.07 Å². The number of aliphatic carboxylic acids is 1. The van der Waals surface area contributed by atoms with Crippen molar-refractivity contribution in [3.8, 4) is 0 Å². The maximum Gasteiger partial charge on any atom is 0.350 e. The van der Waals surface area contributed by atoms with Crippen LogP contribution in [0.2, 0.25) is 0 Å². The SMILES string of the molecule is Nc1ccn(C(CCO)C(=O)O)c(=O)n1. The van der Waals surface area contributed by atoms with Crippen molar-refractivity contribution in [3.05, 3.63) is 22.7 Å². The molecular formula is C8H11N3O4. The summed E-state index contributed by atoms with van der Waals surface area (Å²) in [6.07, 6.45) is 1.19. The number of hydrogen-bond acceptors (Lipinski definition) is 5. The second-order valence-electron chi connectivity index (χ2n) is 2.91. The Hall–Kier alpha value is -1.89. The van der Waals surface area contributed by atoms with Gasteiger partial charge < -0.3 is 15.9 Å². The zero-order chi connectivity index (χ0) is 11.4. The molecule has 15 heavy (non-hydrogen) atoms. The average molecular weight is 213 g/mol. The monoisotopic (exact) mass is 213 g/mol. The maximum atomic E-state index is 11.3. The number of aliphatic hydroxyl groups is 1. The van der Waals surface area contributed by atoms with Crippen LogP contribution in [-0.4, -0.2) is 32.3 Å². The summed E-state index contributed by atoms with van der Waals surface area (Å²) in [6.45, 7) is -0.326. The fourth-order valence-electron chi connectivity index (χ4n) is 1.17.